The van der Waals surface area contributed by atoms with Gasteiger partial charge >= 0.3 is 11.9 Å². The first-order valence-corrected chi connectivity index (χ1v) is 25.9. The Balaban J connectivity index is 1.81. The zero-order valence-electron chi connectivity index (χ0n) is 41.3. The molecule has 2 aliphatic heterocycles. The number of rotatable bonds is 39. The van der Waals surface area contributed by atoms with E-state index in [-0.39, 0.29) is 19.4 Å². The zero-order chi connectivity index (χ0) is 49.6. The molecule has 11 unspecified atom stereocenters. The normalized spacial score (nSPS) is 26.2. The van der Waals surface area contributed by atoms with E-state index in [4.69, 9.17) is 28.4 Å². The van der Waals surface area contributed by atoms with E-state index < -0.39 is 99.3 Å². The first-order valence-electron chi connectivity index (χ1n) is 25.9. The summed E-state index contributed by atoms with van der Waals surface area (Å²) in [4.78, 5) is 25.8. The summed E-state index contributed by atoms with van der Waals surface area (Å²) in [6.45, 7) is 2.43. The number of hydrogen-bond acceptors (Lipinski definition) is 15. The highest BCUT2D eigenvalue weighted by atomic mass is 16.7. The molecule has 11 atom stereocenters. The summed E-state index contributed by atoms with van der Waals surface area (Å²) in [5.41, 5.74) is 0. The van der Waals surface area contributed by atoms with Crippen LogP contribution in [0.3, 0.4) is 0 Å². The van der Waals surface area contributed by atoms with Gasteiger partial charge in [0.05, 0.1) is 19.8 Å². The van der Waals surface area contributed by atoms with Crippen molar-refractivity contribution in [3.8, 4) is 0 Å². The molecule has 0 spiro atoms. The average molecular weight is 967 g/mol. The summed E-state index contributed by atoms with van der Waals surface area (Å²) in [5, 5.41) is 72.1. The van der Waals surface area contributed by atoms with E-state index in [9.17, 15) is 45.3 Å². The predicted molar refractivity (Wildman–Crippen MR) is 261 cm³/mol. The fourth-order valence-corrected chi connectivity index (χ4v) is 7.73. The van der Waals surface area contributed by atoms with Gasteiger partial charge in [-0.15, -0.1) is 0 Å². The number of aliphatic hydroxyl groups excluding tert-OH is 7. The highest BCUT2D eigenvalue weighted by Gasteiger charge is 2.47. The summed E-state index contributed by atoms with van der Waals surface area (Å²) in [7, 11) is 0. The Morgan fingerprint density at radius 2 is 0.926 bits per heavy atom. The lowest BCUT2D eigenvalue weighted by Crippen LogP contribution is -2.61. The number of unbranched alkanes of at least 4 members (excludes halogenated alkanes) is 15. The highest BCUT2D eigenvalue weighted by molar-refractivity contribution is 5.70. The van der Waals surface area contributed by atoms with Crippen LogP contribution in [0.4, 0.5) is 0 Å². The Kier molecular flexibility index (Phi) is 36.0. The Hall–Kier alpha value is -2.80. The minimum absolute atomic E-state index is 0.145. The van der Waals surface area contributed by atoms with Gasteiger partial charge in [0, 0.05) is 12.8 Å². The number of esters is 2. The van der Waals surface area contributed by atoms with Crippen LogP contribution in [-0.2, 0) is 38.0 Å². The van der Waals surface area contributed by atoms with Gasteiger partial charge in [0.15, 0.2) is 18.7 Å². The third-order valence-electron chi connectivity index (χ3n) is 12.0. The number of ether oxygens (including phenoxy) is 6. The second-order valence-corrected chi connectivity index (χ2v) is 18.0. The lowest BCUT2D eigenvalue weighted by Gasteiger charge is -2.42. The lowest BCUT2D eigenvalue weighted by atomic mass is 9.98. The Morgan fingerprint density at radius 1 is 0.485 bits per heavy atom. The molecular formula is C53H90O15. The minimum atomic E-state index is -1.77. The Bertz CT molecular complexity index is 1420. The van der Waals surface area contributed by atoms with Gasteiger partial charge in [0.25, 0.3) is 0 Å². The number of carbonyl (C=O) groups excluding carboxylic acids is 2. The maximum Gasteiger partial charge on any atom is 0.306 e. The molecule has 0 aromatic rings. The molecule has 2 aliphatic rings. The molecule has 2 fully saturated rings. The molecule has 68 heavy (non-hydrogen) atoms. The van der Waals surface area contributed by atoms with Gasteiger partial charge < -0.3 is 64.2 Å². The number of hydrogen-bond donors (Lipinski definition) is 7. The fraction of sp³-hybridized carbons (Fsp3) is 0.774. The van der Waals surface area contributed by atoms with Crippen molar-refractivity contribution in [1.29, 1.82) is 0 Å². The fourth-order valence-electron chi connectivity index (χ4n) is 7.73. The summed E-state index contributed by atoms with van der Waals surface area (Å²) in [5.74, 6) is -0.955. The molecule has 7 N–H and O–H groups in total. The topological polar surface area (TPSA) is 231 Å². The Morgan fingerprint density at radius 3 is 1.47 bits per heavy atom. The molecule has 15 nitrogen and oxygen atoms in total. The molecule has 0 radical (unpaired) electrons. The van der Waals surface area contributed by atoms with Crippen LogP contribution in [-0.4, -0.2) is 142 Å². The quantitative estimate of drug-likeness (QED) is 0.0183. The maximum atomic E-state index is 13.0. The van der Waals surface area contributed by atoms with Crippen molar-refractivity contribution >= 4 is 11.9 Å². The molecule has 0 saturated carbocycles. The second kappa shape index (κ2) is 39.9. The molecule has 0 bridgehead atoms. The van der Waals surface area contributed by atoms with E-state index in [2.05, 4.69) is 74.6 Å². The van der Waals surface area contributed by atoms with Crippen LogP contribution < -0.4 is 0 Å². The van der Waals surface area contributed by atoms with Crippen LogP contribution >= 0.6 is 0 Å². The third-order valence-corrected chi connectivity index (χ3v) is 12.0. The predicted octanol–water partition coefficient (Wildman–Crippen LogP) is 7.27. The first kappa shape index (κ1) is 61.3. The highest BCUT2D eigenvalue weighted by Crippen LogP contribution is 2.26. The van der Waals surface area contributed by atoms with Gasteiger partial charge in [0.2, 0.25) is 0 Å². The smallest absolute Gasteiger partial charge is 0.306 e. The van der Waals surface area contributed by atoms with E-state index in [1.54, 1.807) is 0 Å². The zero-order valence-corrected chi connectivity index (χ0v) is 41.3. The van der Waals surface area contributed by atoms with Crippen molar-refractivity contribution in [2.24, 2.45) is 0 Å². The van der Waals surface area contributed by atoms with Crippen molar-refractivity contribution < 1.29 is 73.8 Å². The van der Waals surface area contributed by atoms with Crippen LogP contribution in [0.2, 0.25) is 0 Å². The minimum Gasteiger partial charge on any atom is -0.462 e. The average Bonchev–Trinajstić information content (AvgIpc) is 3.33. The van der Waals surface area contributed by atoms with Crippen LogP contribution in [0, 0.1) is 0 Å². The molecule has 0 aliphatic carbocycles. The Labute approximate surface area is 407 Å². The molecule has 392 valence electrons. The number of allylic oxidation sites excluding steroid dienone is 10. The lowest BCUT2D eigenvalue weighted by molar-refractivity contribution is -0.332. The van der Waals surface area contributed by atoms with E-state index in [1.165, 1.54) is 25.7 Å². The van der Waals surface area contributed by atoms with Crippen LogP contribution in [0.25, 0.3) is 0 Å². The molecule has 0 amide bonds. The van der Waals surface area contributed by atoms with Gasteiger partial charge in [-0.05, 0) is 77.0 Å². The molecule has 2 saturated heterocycles. The van der Waals surface area contributed by atoms with E-state index in [0.717, 1.165) is 103 Å². The maximum absolute atomic E-state index is 13.0. The monoisotopic (exact) mass is 967 g/mol. The van der Waals surface area contributed by atoms with E-state index >= 15 is 0 Å². The summed E-state index contributed by atoms with van der Waals surface area (Å²) >= 11 is 0. The van der Waals surface area contributed by atoms with Crippen LogP contribution in [0.5, 0.6) is 0 Å². The SMILES string of the molecule is CC/C=C\C/C=C\C/C=C\C/C=C\CCCCCCCCC(=O)OC(COC(=O)CCCCCCC/C=C\CCCCCC)COC1OC(COC2OC(CO)C(O)C(O)C2O)C(O)C(O)C1O. The van der Waals surface area contributed by atoms with Crippen molar-refractivity contribution in [3.63, 3.8) is 0 Å². The molecule has 15 heteroatoms. The molecule has 0 aromatic carbocycles. The van der Waals surface area contributed by atoms with Crippen molar-refractivity contribution in [2.75, 3.05) is 26.4 Å². The summed E-state index contributed by atoms with van der Waals surface area (Å²) in [6.07, 6.45) is 28.1. The van der Waals surface area contributed by atoms with Crippen molar-refractivity contribution in [2.45, 2.75) is 235 Å². The van der Waals surface area contributed by atoms with Gasteiger partial charge in [-0.3, -0.25) is 9.59 Å². The van der Waals surface area contributed by atoms with Crippen molar-refractivity contribution in [1.82, 2.24) is 0 Å². The molecule has 2 rings (SSSR count). The summed E-state index contributed by atoms with van der Waals surface area (Å²) in [6, 6.07) is 0. The van der Waals surface area contributed by atoms with Crippen LogP contribution in [0.1, 0.15) is 168 Å². The standard InChI is InChI=1S/C53H90O15/c1-3-5-7-9-11-13-15-17-18-19-20-21-22-24-26-28-30-32-34-36-45(56)66-41(38-63-44(55)35-33-31-29-27-25-23-16-14-12-10-8-6-4-2)39-64-52-51(62)49(60)47(58)43(68-52)40-65-53-50(61)48(59)46(57)42(37-54)67-53/h5,7,11,13-14,16-18,20-21,41-43,46-54,57-62H,3-4,6,8-10,12,15,19,22-40H2,1-2H3/b7-5-,13-11-,16-14-,18-17-,21-20-. The molecular weight excluding hydrogens is 877 g/mol. The number of aliphatic hydroxyl groups is 7. The summed E-state index contributed by atoms with van der Waals surface area (Å²) < 4.78 is 33.6. The van der Waals surface area contributed by atoms with Gasteiger partial charge in [-0.25, -0.2) is 0 Å². The van der Waals surface area contributed by atoms with Gasteiger partial charge in [-0.1, -0.05) is 139 Å². The molecule has 0 aromatic heterocycles. The van der Waals surface area contributed by atoms with Gasteiger partial charge in [-0.2, -0.15) is 0 Å². The number of carbonyl (C=O) groups is 2. The van der Waals surface area contributed by atoms with E-state index in [0.29, 0.717) is 12.8 Å². The van der Waals surface area contributed by atoms with Gasteiger partial charge in [0.1, 0.15) is 55.4 Å². The first-order chi connectivity index (χ1) is 33.0. The molecule has 2 heterocycles. The second-order valence-electron chi connectivity index (χ2n) is 18.0. The largest absolute Gasteiger partial charge is 0.462 e. The van der Waals surface area contributed by atoms with E-state index in [1.807, 2.05) is 0 Å². The van der Waals surface area contributed by atoms with Crippen LogP contribution in [0.15, 0.2) is 60.8 Å². The third kappa shape index (κ3) is 27.6. The van der Waals surface area contributed by atoms with Crippen molar-refractivity contribution in [3.05, 3.63) is 60.8 Å².